The molecule has 0 unspecified atom stereocenters. The summed E-state index contributed by atoms with van der Waals surface area (Å²) >= 11 is 0. The molecule has 0 atom stereocenters. The van der Waals surface area contributed by atoms with Crippen molar-refractivity contribution in [1.29, 1.82) is 0 Å². The monoisotopic (exact) mass is 369 g/mol. The van der Waals surface area contributed by atoms with Crippen LogP contribution >= 0.6 is 0 Å². The molecule has 4 rings (SSSR count). The van der Waals surface area contributed by atoms with Crippen molar-refractivity contribution >= 4 is 11.0 Å². The highest BCUT2D eigenvalue weighted by Gasteiger charge is 2.28. The van der Waals surface area contributed by atoms with Crippen LogP contribution < -0.4 is 4.57 Å². The minimum absolute atomic E-state index is 0.533. The van der Waals surface area contributed by atoms with Gasteiger partial charge in [-0.15, -0.1) is 0 Å². The number of aryl methyl sites for hydroxylation is 4. The molecule has 0 N–H and O–H groups in total. The van der Waals surface area contributed by atoms with Gasteiger partial charge in [-0.05, 0) is 67.1 Å². The minimum Gasteiger partial charge on any atom is -0.225 e. The zero-order valence-electron chi connectivity index (χ0n) is 17.7. The summed E-state index contributed by atoms with van der Waals surface area (Å²) < 4.78 is 4.77. The first kappa shape index (κ1) is 18.5. The molecule has 28 heavy (non-hydrogen) atoms. The van der Waals surface area contributed by atoms with E-state index >= 15 is 0 Å². The third-order valence-electron chi connectivity index (χ3n) is 5.83. The maximum Gasteiger partial charge on any atom is 0.295 e. The van der Waals surface area contributed by atoms with Crippen molar-refractivity contribution in [1.82, 2.24) is 4.57 Å². The minimum atomic E-state index is 0.533. The van der Waals surface area contributed by atoms with Gasteiger partial charge in [-0.2, -0.15) is 4.57 Å². The molecule has 0 aliphatic rings. The lowest BCUT2D eigenvalue weighted by Crippen LogP contribution is -2.30. The van der Waals surface area contributed by atoms with Crippen LogP contribution in [0.4, 0.5) is 0 Å². The molecular formula is C26H29N2+. The van der Waals surface area contributed by atoms with Crippen LogP contribution in [0.2, 0.25) is 0 Å². The molecule has 0 bridgehead atoms. The average molecular weight is 370 g/mol. The van der Waals surface area contributed by atoms with Gasteiger partial charge in [-0.3, -0.25) is 0 Å². The third kappa shape index (κ3) is 2.84. The van der Waals surface area contributed by atoms with Crippen LogP contribution in [0.25, 0.3) is 28.1 Å². The number of para-hydroxylation sites is 3. The fourth-order valence-electron chi connectivity index (χ4n) is 4.30. The lowest BCUT2D eigenvalue weighted by molar-refractivity contribution is -0.633. The fourth-order valence-corrected chi connectivity index (χ4v) is 4.30. The summed E-state index contributed by atoms with van der Waals surface area (Å²) in [7, 11) is 2.18. The van der Waals surface area contributed by atoms with Gasteiger partial charge in [0.2, 0.25) is 0 Å². The van der Waals surface area contributed by atoms with Crippen molar-refractivity contribution in [2.24, 2.45) is 7.05 Å². The molecule has 2 heteroatoms. The van der Waals surface area contributed by atoms with Crippen LogP contribution in [0, 0.1) is 20.8 Å². The summed E-state index contributed by atoms with van der Waals surface area (Å²) in [6.45, 7) is 11.1. The molecule has 2 nitrogen and oxygen atoms in total. The molecule has 0 saturated carbocycles. The van der Waals surface area contributed by atoms with E-state index in [-0.39, 0.29) is 0 Å². The zero-order chi connectivity index (χ0) is 20.0. The van der Waals surface area contributed by atoms with E-state index in [1.165, 1.54) is 50.4 Å². The summed E-state index contributed by atoms with van der Waals surface area (Å²) in [5.74, 6) is 1.76. The predicted molar refractivity (Wildman–Crippen MR) is 118 cm³/mol. The number of aromatic nitrogens is 2. The quantitative estimate of drug-likeness (QED) is 0.382. The number of hydrogen-bond acceptors (Lipinski definition) is 0. The van der Waals surface area contributed by atoms with Crippen LogP contribution in [0.15, 0.2) is 60.7 Å². The highest BCUT2D eigenvalue weighted by Crippen LogP contribution is 2.32. The van der Waals surface area contributed by atoms with Crippen LogP contribution in [0.5, 0.6) is 0 Å². The second kappa shape index (κ2) is 6.94. The highest BCUT2D eigenvalue weighted by atomic mass is 15.2. The topological polar surface area (TPSA) is 8.81 Å². The van der Waals surface area contributed by atoms with Crippen molar-refractivity contribution in [3.05, 3.63) is 82.9 Å². The summed E-state index contributed by atoms with van der Waals surface area (Å²) in [6.07, 6.45) is 0. The van der Waals surface area contributed by atoms with E-state index in [9.17, 15) is 0 Å². The number of hydrogen-bond donors (Lipinski definition) is 0. The number of rotatable bonds is 3. The zero-order valence-corrected chi connectivity index (χ0v) is 17.7. The van der Waals surface area contributed by atoms with Crippen molar-refractivity contribution < 1.29 is 4.57 Å². The van der Waals surface area contributed by atoms with Gasteiger partial charge in [-0.25, -0.2) is 4.57 Å². The summed E-state index contributed by atoms with van der Waals surface area (Å²) in [4.78, 5) is 0. The van der Waals surface area contributed by atoms with E-state index in [0.717, 1.165) is 0 Å². The second-order valence-corrected chi connectivity index (χ2v) is 8.18. The molecule has 0 spiro atoms. The van der Waals surface area contributed by atoms with Gasteiger partial charge < -0.3 is 0 Å². The first-order valence-corrected chi connectivity index (χ1v) is 10.1. The molecule has 0 aliphatic carbocycles. The Morgan fingerprint density at radius 1 is 0.786 bits per heavy atom. The Kier molecular flexibility index (Phi) is 4.58. The van der Waals surface area contributed by atoms with Crippen LogP contribution in [-0.4, -0.2) is 4.57 Å². The van der Waals surface area contributed by atoms with Gasteiger partial charge in [0.15, 0.2) is 11.0 Å². The van der Waals surface area contributed by atoms with E-state index in [4.69, 9.17) is 0 Å². The van der Waals surface area contributed by atoms with E-state index < -0.39 is 0 Å². The summed E-state index contributed by atoms with van der Waals surface area (Å²) in [5, 5.41) is 0. The fraction of sp³-hybridized carbons (Fsp3) is 0.269. The van der Waals surface area contributed by atoms with Gasteiger partial charge in [-0.1, -0.05) is 56.3 Å². The summed E-state index contributed by atoms with van der Waals surface area (Å²) in [6, 6.07) is 22.1. The Hall–Kier alpha value is -2.87. The molecule has 0 fully saturated rings. The maximum atomic E-state index is 2.44. The van der Waals surface area contributed by atoms with Crippen molar-refractivity contribution in [3.63, 3.8) is 0 Å². The third-order valence-corrected chi connectivity index (χ3v) is 5.83. The van der Waals surface area contributed by atoms with Gasteiger partial charge in [0, 0.05) is 0 Å². The Bertz CT molecular complexity index is 1160. The van der Waals surface area contributed by atoms with Crippen molar-refractivity contribution in [3.8, 4) is 17.1 Å². The molecule has 142 valence electrons. The molecule has 0 radical (unpaired) electrons. The number of benzene rings is 3. The normalized spacial score (nSPS) is 11.5. The Balaban J connectivity index is 2.12. The van der Waals surface area contributed by atoms with Gasteiger partial charge in [0.05, 0.1) is 12.6 Å². The van der Waals surface area contributed by atoms with E-state index in [0.29, 0.717) is 5.92 Å². The first-order valence-electron chi connectivity index (χ1n) is 10.1. The second-order valence-electron chi connectivity index (χ2n) is 8.18. The van der Waals surface area contributed by atoms with E-state index in [2.05, 4.69) is 111 Å². The largest absolute Gasteiger partial charge is 0.295 e. The maximum absolute atomic E-state index is 2.44. The first-order chi connectivity index (χ1) is 13.4. The van der Waals surface area contributed by atoms with Crippen LogP contribution in [-0.2, 0) is 7.05 Å². The molecule has 0 amide bonds. The molecule has 0 saturated heterocycles. The molecule has 1 aromatic heterocycles. The molecule has 1 heterocycles. The Morgan fingerprint density at radius 3 is 2.11 bits per heavy atom. The van der Waals surface area contributed by atoms with Crippen LogP contribution in [0.1, 0.15) is 42.0 Å². The molecular weight excluding hydrogens is 340 g/mol. The van der Waals surface area contributed by atoms with E-state index in [1.807, 2.05) is 0 Å². The van der Waals surface area contributed by atoms with Gasteiger partial charge in [0.25, 0.3) is 5.82 Å². The Labute approximate surface area is 168 Å². The number of fused-ring (bicyclic) bond motifs is 1. The van der Waals surface area contributed by atoms with Gasteiger partial charge in [0.1, 0.15) is 5.69 Å². The SMILES string of the molecule is Cc1cc(C(C)C)ccc1-c1n(-c2c(C)cccc2C)c2ccccc2[n+]1C. The summed E-state index contributed by atoms with van der Waals surface area (Å²) in [5.41, 5.74) is 10.3. The Morgan fingerprint density at radius 2 is 1.46 bits per heavy atom. The van der Waals surface area contributed by atoms with Crippen molar-refractivity contribution in [2.45, 2.75) is 40.5 Å². The molecule has 3 aromatic carbocycles. The lowest BCUT2D eigenvalue weighted by atomic mass is 9.97. The lowest BCUT2D eigenvalue weighted by Gasteiger charge is -2.12. The van der Waals surface area contributed by atoms with Crippen LogP contribution in [0.3, 0.4) is 0 Å². The average Bonchev–Trinajstić information content (AvgIpc) is 2.94. The molecule has 4 aromatic rings. The number of imidazole rings is 1. The van der Waals surface area contributed by atoms with Gasteiger partial charge >= 0.3 is 0 Å². The van der Waals surface area contributed by atoms with Crippen molar-refractivity contribution in [2.75, 3.05) is 0 Å². The smallest absolute Gasteiger partial charge is 0.225 e. The molecule has 0 aliphatic heterocycles. The predicted octanol–water partition coefficient (Wildman–Crippen LogP) is 6.17. The number of nitrogens with zero attached hydrogens (tertiary/aromatic N) is 2. The van der Waals surface area contributed by atoms with E-state index in [1.54, 1.807) is 0 Å². The highest BCUT2D eigenvalue weighted by molar-refractivity contribution is 5.80. The standard InChI is InChI=1S/C26H29N2/c1-17(2)21-14-15-22(20(5)16-21)26-27(6)23-12-7-8-13-24(23)28(26)25-18(3)10-9-11-19(25)4/h7-17H,1-6H3/q+1.